The van der Waals surface area contributed by atoms with Crippen molar-refractivity contribution >= 4 is 16.9 Å². The number of anilines is 1. The molecule has 1 unspecified atom stereocenters. The first kappa shape index (κ1) is 27.2. The minimum Gasteiger partial charge on any atom is -0.399 e. The van der Waals surface area contributed by atoms with Crippen LogP contribution in [0, 0.1) is 0 Å². The van der Waals surface area contributed by atoms with Gasteiger partial charge >= 0.3 is 5.69 Å². The molecule has 4 N–H and O–H groups in total. The number of nitrogens with two attached hydrogens (primary N) is 1. The predicted octanol–water partition coefficient (Wildman–Crippen LogP) is 1.34. The van der Waals surface area contributed by atoms with Gasteiger partial charge in [-0.15, -0.1) is 0 Å². The smallest absolute Gasteiger partial charge is 0.332 e. The fourth-order valence-corrected chi connectivity index (χ4v) is 4.52. The van der Waals surface area contributed by atoms with Crippen LogP contribution >= 0.6 is 0 Å². The van der Waals surface area contributed by atoms with Crippen molar-refractivity contribution in [2.75, 3.05) is 18.8 Å². The van der Waals surface area contributed by atoms with Crippen molar-refractivity contribution in [3.05, 3.63) is 80.8 Å². The molecule has 0 radical (unpaired) electrons. The first-order valence-corrected chi connectivity index (χ1v) is 13.1. The van der Waals surface area contributed by atoms with Crippen LogP contribution in [0.5, 0.6) is 0 Å². The predicted molar refractivity (Wildman–Crippen MR) is 147 cm³/mol. The van der Waals surface area contributed by atoms with Gasteiger partial charge in [0.2, 0.25) is 0 Å². The van der Waals surface area contributed by atoms with Crippen LogP contribution < -0.4 is 22.3 Å². The molecule has 1 aromatic carbocycles. The zero-order valence-electron chi connectivity index (χ0n) is 22.0. The number of nitrogen functional groups attached to an aromatic ring is 1. The van der Waals surface area contributed by atoms with Gasteiger partial charge in [-0.2, -0.15) is 0 Å². The molecule has 4 rings (SSSR count). The summed E-state index contributed by atoms with van der Waals surface area (Å²) in [5, 5.41) is 13.2. The number of hydrogen-bond donors (Lipinski definition) is 3. The highest BCUT2D eigenvalue weighted by molar-refractivity contribution is 5.71. The Labute approximate surface area is 221 Å². The number of benzene rings is 1. The van der Waals surface area contributed by atoms with E-state index in [1.807, 2.05) is 42.7 Å². The normalized spacial score (nSPS) is 12.3. The number of hydrogen-bond acceptors (Lipinski definition) is 8. The van der Waals surface area contributed by atoms with Crippen LogP contribution in [0.15, 0.2) is 52.4 Å². The molecule has 4 aromatic rings. The van der Waals surface area contributed by atoms with Gasteiger partial charge in [-0.25, -0.2) is 9.78 Å². The van der Waals surface area contributed by atoms with Gasteiger partial charge in [0.1, 0.15) is 5.82 Å². The summed E-state index contributed by atoms with van der Waals surface area (Å²) >= 11 is 0. The number of aromatic nitrogens is 6. The van der Waals surface area contributed by atoms with Gasteiger partial charge in [-0.1, -0.05) is 32.0 Å². The summed E-state index contributed by atoms with van der Waals surface area (Å²) in [6, 6.07) is 7.56. The second-order valence-electron chi connectivity index (χ2n) is 9.33. The van der Waals surface area contributed by atoms with Crippen molar-refractivity contribution in [1.82, 2.24) is 34.0 Å². The highest BCUT2D eigenvalue weighted by Crippen LogP contribution is 2.17. The zero-order valence-corrected chi connectivity index (χ0v) is 22.0. The average Bonchev–Trinajstić information content (AvgIpc) is 3.28. The molecule has 38 heavy (non-hydrogen) atoms. The molecule has 0 spiro atoms. The van der Waals surface area contributed by atoms with Crippen LogP contribution in [0.4, 0.5) is 5.69 Å². The molecule has 11 nitrogen and oxygen atoms in total. The molecule has 3 aromatic heterocycles. The quantitative estimate of drug-likeness (QED) is 0.177. The molecule has 0 saturated carbocycles. The Balaban J connectivity index is 1.81. The molecule has 0 aliphatic heterocycles. The minimum absolute atomic E-state index is 0.312. The van der Waals surface area contributed by atoms with Crippen LogP contribution in [-0.2, 0) is 32.5 Å². The monoisotopic (exact) mass is 520 g/mol. The summed E-state index contributed by atoms with van der Waals surface area (Å²) in [5.74, 6) is 0.622. The van der Waals surface area contributed by atoms with Crippen molar-refractivity contribution in [3.8, 4) is 0 Å². The number of imidazole rings is 1. The first-order chi connectivity index (χ1) is 18.4. The highest BCUT2D eigenvalue weighted by atomic mass is 16.3. The van der Waals surface area contributed by atoms with Crippen molar-refractivity contribution in [3.63, 3.8) is 0 Å². The molecule has 0 saturated heterocycles. The summed E-state index contributed by atoms with van der Waals surface area (Å²) in [5.41, 5.74) is 8.46. The third-order valence-corrected chi connectivity index (χ3v) is 6.62. The van der Waals surface area contributed by atoms with Gasteiger partial charge in [0.15, 0.2) is 11.2 Å². The van der Waals surface area contributed by atoms with E-state index in [0.717, 1.165) is 5.56 Å². The molecule has 0 bridgehead atoms. The average molecular weight is 521 g/mol. The Hall–Kier alpha value is -3.83. The van der Waals surface area contributed by atoms with E-state index in [1.54, 1.807) is 23.2 Å². The standard InChI is InChI=1S/C27H36N8O3/c1-3-13-35-26(37)24-25(34(27(35)38)14-9-19-7-5-6-8-22(19)28)32-23(16-20-17-29-10-11-31-20)33(24)15-12-30-18-21(36)4-2/h5-8,10-11,17,21,30,36H,3-4,9,12-16,18,28H2,1-2H3. The van der Waals surface area contributed by atoms with Crippen molar-refractivity contribution in [1.29, 1.82) is 0 Å². The van der Waals surface area contributed by atoms with E-state index in [0.29, 0.717) is 86.8 Å². The number of aliphatic hydroxyl groups excluding tert-OH is 1. The maximum Gasteiger partial charge on any atom is 0.332 e. The van der Waals surface area contributed by atoms with Gasteiger partial charge in [-0.05, 0) is 30.9 Å². The van der Waals surface area contributed by atoms with Crippen LogP contribution in [0.1, 0.15) is 43.8 Å². The molecule has 1 atom stereocenters. The number of aliphatic hydroxyl groups is 1. The van der Waals surface area contributed by atoms with Gasteiger partial charge in [-0.3, -0.25) is 23.9 Å². The fraction of sp³-hybridized carbons (Fsp3) is 0.444. The first-order valence-electron chi connectivity index (χ1n) is 13.1. The highest BCUT2D eigenvalue weighted by Gasteiger charge is 2.22. The Kier molecular flexibility index (Phi) is 9.03. The maximum atomic E-state index is 13.7. The van der Waals surface area contributed by atoms with Crippen LogP contribution in [0.3, 0.4) is 0 Å². The molecule has 202 valence electrons. The van der Waals surface area contributed by atoms with E-state index >= 15 is 0 Å². The van der Waals surface area contributed by atoms with E-state index < -0.39 is 6.10 Å². The number of fused-ring (bicyclic) bond motifs is 1. The third kappa shape index (κ3) is 6.00. The minimum atomic E-state index is -0.439. The summed E-state index contributed by atoms with van der Waals surface area (Å²) in [6.07, 6.45) is 6.62. The van der Waals surface area contributed by atoms with Crippen LogP contribution in [0.25, 0.3) is 11.2 Å². The van der Waals surface area contributed by atoms with Gasteiger partial charge < -0.3 is 20.7 Å². The molecule has 0 aliphatic carbocycles. The molecule has 3 heterocycles. The number of aryl methyl sites for hydroxylation is 2. The largest absolute Gasteiger partial charge is 0.399 e. The van der Waals surface area contributed by atoms with Crippen molar-refractivity contribution < 1.29 is 5.11 Å². The lowest BCUT2D eigenvalue weighted by atomic mass is 10.1. The van der Waals surface area contributed by atoms with E-state index in [1.165, 1.54) is 4.57 Å². The number of nitrogens with one attached hydrogen (secondary N) is 1. The Bertz CT molecular complexity index is 1480. The fourth-order valence-electron chi connectivity index (χ4n) is 4.52. The molecule has 11 heteroatoms. The summed E-state index contributed by atoms with van der Waals surface area (Å²) in [4.78, 5) is 40.6. The van der Waals surface area contributed by atoms with Gasteiger partial charge in [0.05, 0.1) is 11.8 Å². The van der Waals surface area contributed by atoms with Gasteiger partial charge in [0.25, 0.3) is 5.56 Å². The van der Waals surface area contributed by atoms with Crippen molar-refractivity contribution in [2.24, 2.45) is 0 Å². The summed E-state index contributed by atoms with van der Waals surface area (Å²) < 4.78 is 4.76. The molecular weight excluding hydrogens is 484 g/mol. The lowest BCUT2D eigenvalue weighted by Gasteiger charge is -2.14. The molecule has 0 aliphatic rings. The van der Waals surface area contributed by atoms with E-state index in [4.69, 9.17) is 10.7 Å². The number of nitrogens with zero attached hydrogens (tertiary/aromatic N) is 6. The number of rotatable bonds is 13. The summed E-state index contributed by atoms with van der Waals surface area (Å²) in [6.45, 7) is 5.91. The van der Waals surface area contributed by atoms with Gasteiger partial charge in [0, 0.05) is 63.4 Å². The molecule has 0 fully saturated rings. The lowest BCUT2D eigenvalue weighted by molar-refractivity contribution is 0.167. The summed E-state index contributed by atoms with van der Waals surface area (Å²) in [7, 11) is 0. The van der Waals surface area contributed by atoms with Crippen LogP contribution in [-0.4, -0.2) is 53.0 Å². The second kappa shape index (κ2) is 12.6. The lowest BCUT2D eigenvalue weighted by Crippen LogP contribution is -2.41. The Morgan fingerprint density at radius 1 is 1.05 bits per heavy atom. The maximum absolute atomic E-state index is 13.7. The van der Waals surface area contributed by atoms with E-state index in [-0.39, 0.29) is 11.2 Å². The molecular formula is C27H36N8O3. The number of para-hydroxylation sites is 1. The van der Waals surface area contributed by atoms with Crippen LogP contribution in [0.2, 0.25) is 0 Å². The topological polar surface area (TPSA) is 146 Å². The Morgan fingerprint density at radius 2 is 1.87 bits per heavy atom. The third-order valence-electron chi connectivity index (χ3n) is 6.62. The molecule has 0 amide bonds. The SMILES string of the molecule is CCCn1c(=O)c2c(nc(Cc3cnccn3)n2CCNCC(O)CC)n(CCc2ccccc2N)c1=O. The van der Waals surface area contributed by atoms with E-state index in [2.05, 4.69) is 15.3 Å². The zero-order chi connectivity index (χ0) is 27.1. The second-order valence-corrected chi connectivity index (χ2v) is 9.33. The van der Waals surface area contributed by atoms with Crippen molar-refractivity contribution in [2.45, 2.75) is 65.3 Å². The Morgan fingerprint density at radius 3 is 2.58 bits per heavy atom. The van der Waals surface area contributed by atoms with E-state index in [9.17, 15) is 14.7 Å².